The number of methoxy groups -OCH3 is 1. The molecule has 1 amide bonds. The summed E-state index contributed by atoms with van der Waals surface area (Å²) in [6.45, 7) is 0.207. The molecule has 0 aliphatic heterocycles. The SMILES string of the molecule is COc1ccccc1OCc1ccc(C(=O)Nc2ccccc2)o1. The van der Waals surface area contributed by atoms with Crippen molar-refractivity contribution < 1.29 is 18.7 Å². The van der Waals surface area contributed by atoms with E-state index < -0.39 is 0 Å². The van der Waals surface area contributed by atoms with E-state index in [1.807, 2.05) is 54.6 Å². The lowest BCUT2D eigenvalue weighted by molar-refractivity contribution is 0.0992. The van der Waals surface area contributed by atoms with Gasteiger partial charge < -0.3 is 19.2 Å². The van der Waals surface area contributed by atoms with Gasteiger partial charge in [-0.05, 0) is 36.4 Å². The molecule has 1 heterocycles. The number of hydrogen-bond acceptors (Lipinski definition) is 4. The van der Waals surface area contributed by atoms with Crippen LogP contribution in [0.2, 0.25) is 0 Å². The van der Waals surface area contributed by atoms with Gasteiger partial charge in [-0.3, -0.25) is 4.79 Å². The van der Waals surface area contributed by atoms with Gasteiger partial charge in [0.15, 0.2) is 17.3 Å². The van der Waals surface area contributed by atoms with Crippen LogP contribution in [0, 0.1) is 0 Å². The highest BCUT2D eigenvalue weighted by atomic mass is 16.5. The molecule has 0 unspecified atom stereocenters. The highest BCUT2D eigenvalue weighted by Crippen LogP contribution is 2.26. The van der Waals surface area contributed by atoms with E-state index >= 15 is 0 Å². The second-order valence-electron chi connectivity index (χ2n) is 5.03. The molecule has 2 aromatic carbocycles. The van der Waals surface area contributed by atoms with Crippen molar-refractivity contribution in [2.24, 2.45) is 0 Å². The number of rotatable bonds is 6. The molecule has 1 N–H and O–H groups in total. The van der Waals surface area contributed by atoms with Gasteiger partial charge in [0.05, 0.1) is 7.11 Å². The third-order valence-corrected chi connectivity index (χ3v) is 3.36. The smallest absolute Gasteiger partial charge is 0.291 e. The minimum absolute atomic E-state index is 0.207. The number of carbonyl (C=O) groups is 1. The van der Waals surface area contributed by atoms with Gasteiger partial charge in [0.1, 0.15) is 12.4 Å². The number of carbonyl (C=O) groups excluding carboxylic acids is 1. The molecule has 24 heavy (non-hydrogen) atoms. The molecule has 3 aromatic rings. The van der Waals surface area contributed by atoms with E-state index in [1.165, 1.54) is 0 Å². The number of para-hydroxylation sites is 3. The fourth-order valence-electron chi connectivity index (χ4n) is 2.18. The first kappa shape index (κ1) is 15.7. The Morgan fingerprint density at radius 3 is 2.42 bits per heavy atom. The summed E-state index contributed by atoms with van der Waals surface area (Å²) < 4.78 is 16.4. The summed E-state index contributed by atoms with van der Waals surface area (Å²) in [6.07, 6.45) is 0. The molecule has 1 aromatic heterocycles. The number of hydrogen-bond donors (Lipinski definition) is 1. The van der Waals surface area contributed by atoms with Crippen molar-refractivity contribution in [1.82, 2.24) is 0 Å². The van der Waals surface area contributed by atoms with Gasteiger partial charge in [-0.15, -0.1) is 0 Å². The lowest BCUT2D eigenvalue weighted by atomic mass is 10.3. The minimum Gasteiger partial charge on any atom is -0.493 e. The molecule has 122 valence electrons. The summed E-state index contributed by atoms with van der Waals surface area (Å²) in [5, 5.41) is 2.77. The summed E-state index contributed by atoms with van der Waals surface area (Å²) >= 11 is 0. The second kappa shape index (κ2) is 7.37. The molecule has 0 radical (unpaired) electrons. The van der Waals surface area contributed by atoms with Crippen molar-refractivity contribution in [3.8, 4) is 11.5 Å². The normalized spacial score (nSPS) is 10.2. The molecule has 0 saturated carbocycles. The predicted octanol–water partition coefficient (Wildman–Crippen LogP) is 4.12. The first-order valence-electron chi connectivity index (χ1n) is 7.47. The quantitative estimate of drug-likeness (QED) is 0.741. The zero-order chi connectivity index (χ0) is 16.8. The van der Waals surface area contributed by atoms with Gasteiger partial charge in [0.2, 0.25) is 0 Å². The number of amides is 1. The van der Waals surface area contributed by atoms with Crippen molar-refractivity contribution in [1.29, 1.82) is 0 Å². The number of benzene rings is 2. The molecule has 5 nitrogen and oxygen atoms in total. The van der Waals surface area contributed by atoms with E-state index in [0.717, 1.165) is 0 Å². The molecule has 0 fully saturated rings. The lowest BCUT2D eigenvalue weighted by Gasteiger charge is -2.08. The average molecular weight is 323 g/mol. The van der Waals surface area contributed by atoms with Gasteiger partial charge in [0, 0.05) is 5.69 Å². The number of furan rings is 1. The third kappa shape index (κ3) is 3.76. The van der Waals surface area contributed by atoms with Crippen LogP contribution in [0.25, 0.3) is 0 Å². The van der Waals surface area contributed by atoms with Gasteiger partial charge in [-0.25, -0.2) is 0 Å². The molecule has 0 saturated heterocycles. The average Bonchev–Trinajstić information content (AvgIpc) is 3.10. The van der Waals surface area contributed by atoms with Crippen molar-refractivity contribution in [2.75, 3.05) is 12.4 Å². The van der Waals surface area contributed by atoms with E-state index in [0.29, 0.717) is 22.9 Å². The summed E-state index contributed by atoms with van der Waals surface area (Å²) in [4.78, 5) is 12.1. The highest BCUT2D eigenvalue weighted by molar-refractivity contribution is 6.02. The maximum atomic E-state index is 12.1. The third-order valence-electron chi connectivity index (χ3n) is 3.36. The van der Waals surface area contributed by atoms with Crippen LogP contribution < -0.4 is 14.8 Å². The summed E-state index contributed by atoms with van der Waals surface area (Å²) in [6, 6.07) is 19.9. The summed E-state index contributed by atoms with van der Waals surface area (Å²) in [5.74, 6) is 1.75. The molecular weight excluding hydrogens is 306 g/mol. The van der Waals surface area contributed by atoms with Crippen molar-refractivity contribution in [3.05, 3.63) is 78.3 Å². The van der Waals surface area contributed by atoms with Gasteiger partial charge >= 0.3 is 0 Å². The molecule has 0 aliphatic rings. The molecule has 0 bridgehead atoms. The van der Waals surface area contributed by atoms with E-state index in [1.54, 1.807) is 19.2 Å². The first-order chi connectivity index (χ1) is 11.8. The Labute approximate surface area is 139 Å². The topological polar surface area (TPSA) is 60.7 Å². The Morgan fingerprint density at radius 1 is 0.958 bits per heavy atom. The fraction of sp³-hybridized carbons (Fsp3) is 0.105. The van der Waals surface area contributed by atoms with Crippen LogP contribution in [-0.2, 0) is 6.61 Å². The second-order valence-corrected chi connectivity index (χ2v) is 5.03. The van der Waals surface area contributed by atoms with Crippen LogP contribution in [0.4, 0.5) is 5.69 Å². The molecule has 0 atom stereocenters. The number of anilines is 1. The standard InChI is InChI=1S/C19H17NO4/c1-22-16-9-5-6-10-17(16)23-13-15-11-12-18(24-15)19(21)20-14-7-3-2-4-8-14/h2-12H,13H2,1H3,(H,20,21). The lowest BCUT2D eigenvalue weighted by Crippen LogP contribution is -2.10. The van der Waals surface area contributed by atoms with Gasteiger partial charge in [-0.2, -0.15) is 0 Å². The minimum atomic E-state index is -0.301. The van der Waals surface area contributed by atoms with E-state index in [2.05, 4.69) is 5.32 Å². The van der Waals surface area contributed by atoms with Crippen molar-refractivity contribution >= 4 is 11.6 Å². The predicted molar refractivity (Wildman–Crippen MR) is 90.4 cm³/mol. The highest BCUT2D eigenvalue weighted by Gasteiger charge is 2.12. The monoisotopic (exact) mass is 323 g/mol. The maximum Gasteiger partial charge on any atom is 0.291 e. The van der Waals surface area contributed by atoms with Crippen LogP contribution in [0.5, 0.6) is 11.5 Å². The van der Waals surface area contributed by atoms with E-state index in [9.17, 15) is 4.79 Å². The Bertz CT molecular complexity index is 811. The Morgan fingerprint density at radius 2 is 1.67 bits per heavy atom. The molecule has 5 heteroatoms. The first-order valence-corrected chi connectivity index (χ1v) is 7.47. The molecular formula is C19H17NO4. The Kier molecular flexibility index (Phi) is 4.81. The molecule has 0 spiro atoms. The summed E-state index contributed by atoms with van der Waals surface area (Å²) in [5.41, 5.74) is 0.714. The largest absolute Gasteiger partial charge is 0.493 e. The van der Waals surface area contributed by atoms with Crippen LogP contribution in [-0.4, -0.2) is 13.0 Å². The van der Waals surface area contributed by atoms with Crippen molar-refractivity contribution in [3.63, 3.8) is 0 Å². The maximum absolute atomic E-state index is 12.1. The number of ether oxygens (including phenoxy) is 2. The van der Waals surface area contributed by atoms with Crippen LogP contribution in [0.3, 0.4) is 0 Å². The Hall–Kier alpha value is -3.21. The zero-order valence-electron chi connectivity index (χ0n) is 13.2. The van der Waals surface area contributed by atoms with E-state index in [4.69, 9.17) is 13.9 Å². The van der Waals surface area contributed by atoms with Crippen LogP contribution in [0.1, 0.15) is 16.3 Å². The van der Waals surface area contributed by atoms with Gasteiger partial charge in [0.25, 0.3) is 5.91 Å². The van der Waals surface area contributed by atoms with E-state index in [-0.39, 0.29) is 18.3 Å². The zero-order valence-corrected chi connectivity index (χ0v) is 13.2. The summed E-state index contributed by atoms with van der Waals surface area (Å²) in [7, 11) is 1.58. The fourth-order valence-corrected chi connectivity index (χ4v) is 2.18. The molecule has 3 rings (SSSR count). The molecule has 0 aliphatic carbocycles. The number of nitrogens with one attached hydrogen (secondary N) is 1. The van der Waals surface area contributed by atoms with Gasteiger partial charge in [-0.1, -0.05) is 30.3 Å². The van der Waals surface area contributed by atoms with Crippen molar-refractivity contribution in [2.45, 2.75) is 6.61 Å². The van der Waals surface area contributed by atoms with Crippen LogP contribution in [0.15, 0.2) is 71.1 Å². The van der Waals surface area contributed by atoms with Crippen LogP contribution >= 0.6 is 0 Å². The Balaban J connectivity index is 1.62.